The number of ether oxygens (including phenoxy) is 1. The normalized spacial score (nSPS) is 11.3. The minimum Gasteiger partial charge on any atom is -0.444 e. The highest BCUT2D eigenvalue weighted by Gasteiger charge is 2.20. The Morgan fingerprint density at radius 3 is 2.31 bits per heavy atom. The van der Waals surface area contributed by atoms with E-state index in [9.17, 15) is 4.79 Å². The molecule has 0 aliphatic rings. The van der Waals surface area contributed by atoms with Crippen molar-refractivity contribution in [2.75, 3.05) is 26.2 Å². The van der Waals surface area contributed by atoms with Gasteiger partial charge in [-0.25, -0.2) is 4.79 Å². The lowest BCUT2D eigenvalue weighted by Gasteiger charge is -2.26. The quantitative estimate of drug-likeness (QED) is 0.712. The maximum Gasteiger partial charge on any atom is 0.410 e. The number of nitrogens with one attached hydrogen (secondary N) is 1. The SMILES string of the molecule is CCCNCCN(CC)C(=O)OC(C)(C)C. The Morgan fingerprint density at radius 1 is 1.25 bits per heavy atom. The Morgan fingerprint density at radius 2 is 1.88 bits per heavy atom. The molecule has 0 aromatic heterocycles. The zero-order valence-electron chi connectivity index (χ0n) is 11.3. The van der Waals surface area contributed by atoms with Gasteiger partial charge in [0.05, 0.1) is 0 Å². The number of hydrogen-bond donors (Lipinski definition) is 1. The number of nitrogens with zero attached hydrogens (tertiary/aromatic N) is 1. The van der Waals surface area contributed by atoms with Crippen molar-refractivity contribution in [3.63, 3.8) is 0 Å². The molecule has 0 rings (SSSR count). The van der Waals surface area contributed by atoms with Gasteiger partial charge in [0.15, 0.2) is 0 Å². The highest BCUT2D eigenvalue weighted by Crippen LogP contribution is 2.09. The number of likely N-dealkylation sites (N-methyl/N-ethyl adjacent to an activating group) is 1. The van der Waals surface area contributed by atoms with Gasteiger partial charge >= 0.3 is 6.09 Å². The van der Waals surface area contributed by atoms with Crippen LogP contribution >= 0.6 is 0 Å². The molecule has 0 spiro atoms. The van der Waals surface area contributed by atoms with Gasteiger partial charge in [0, 0.05) is 19.6 Å². The third-order valence-corrected chi connectivity index (χ3v) is 2.02. The van der Waals surface area contributed by atoms with Gasteiger partial charge in [-0.05, 0) is 40.7 Å². The van der Waals surface area contributed by atoms with Gasteiger partial charge in [0.25, 0.3) is 0 Å². The smallest absolute Gasteiger partial charge is 0.410 e. The Bertz CT molecular complexity index is 200. The van der Waals surface area contributed by atoms with Crippen LogP contribution in [-0.2, 0) is 4.74 Å². The van der Waals surface area contributed by atoms with Gasteiger partial charge in [0.2, 0.25) is 0 Å². The fourth-order valence-electron chi connectivity index (χ4n) is 1.22. The minimum absolute atomic E-state index is 0.228. The molecule has 96 valence electrons. The van der Waals surface area contributed by atoms with Crippen molar-refractivity contribution in [2.45, 2.75) is 46.6 Å². The number of carbonyl (C=O) groups is 1. The lowest BCUT2D eigenvalue weighted by atomic mass is 10.2. The van der Waals surface area contributed by atoms with Crippen LogP contribution in [0.5, 0.6) is 0 Å². The zero-order valence-corrected chi connectivity index (χ0v) is 11.3. The van der Waals surface area contributed by atoms with E-state index in [-0.39, 0.29) is 6.09 Å². The first kappa shape index (κ1) is 15.2. The first-order chi connectivity index (χ1) is 7.40. The van der Waals surface area contributed by atoms with Crippen molar-refractivity contribution in [3.8, 4) is 0 Å². The summed E-state index contributed by atoms with van der Waals surface area (Å²) in [6.07, 6.45) is 0.881. The molecule has 0 unspecified atom stereocenters. The summed E-state index contributed by atoms with van der Waals surface area (Å²) in [7, 11) is 0. The Balaban J connectivity index is 3.93. The average Bonchev–Trinajstić information content (AvgIpc) is 2.15. The number of rotatable bonds is 6. The van der Waals surface area contributed by atoms with Gasteiger partial charge in [-0.3, -0.25) is 0 Å². The monoisotopic (exact) mass is 230 g/mol. The fraction of sp³-hybridized carbons (Fsp3) is 0.917. The van der Waals surface area contributed by atoms with Crippen LogP contribution in [0.4, 0.5) is 4.79 Å². The molecule has 1 amide bonds. The van der Waals surface area contributed by atoms with Gasteiger partial charge in [0.1, 0.15) is 5.60 Å². The fourth-order valence-corrected chi connectivity index (χ4v) is 1.22. The van der Waals surface area contributed by atoms with Crippen molar-refractivity contribution in [3.05, 3.63) is 0 Å². The van der Waals surface area contributed by atoms with Crippen molar-refractivity contribution >= 4 is 6.09 Å². The lowest BCUT2D eigenvalue weighted by Crippen LogP contribution is -2.40. The second kappa shape index (κ2) is 7.49. The van der Waals surface area contributed by atoms with Crippen LogP contribution in [0.1, 0.15) is 41.0 Å². The lowest BCUT2D eigenvalue weighted by molar-refractivity contribution is 0.0262. The van der Waals surface area contributed by atoms with Crippen LogP contribution in [0, 0.1) is 0 Å². The molecule has 0 aliphatic carbocycles. The summed E-state index contributed by atoms with van der Waals surface area (Å²) < 4.78 is 5.31. The Hall–Kier alpha value is -0.770. The summed E-state index contributed by atoms with van der Waals surface area (Å²) in [5, 5.41) is 3.27. The topological polar surface area (TPSA) is 41.6 Å². The van der Waals surface area contributed by atoms with E-state index in [2.05, 4.69) is 12.2 Å². The van der Waals surface area contributed by atoms with Crippen LogP contribution in [-0.4, -0.2) is 42.8 Å². The first-order valence-corrected chi connectivity index (χ1v) is 6.09. The molecule has 4 nitrogen and oxygen atoms in total. The molecule has 0 aromatic carbocycles. The van der Waals surface area contributed by atoms with E-state index < -0.39 is 5.60 Å². The summed E-state index contributed by atoms with van der Waals surface area (Å²) in [5.74, 6) is 0. The molecular formula is C12H26N2O2. The Labute approximate surface area is 99.3 Å². The van der Waals surface area contributed by atoms with E-state index >= 15 is 0 Å². The predicted octanol–water partition coefficient (Wildman–Crippen LogP) is 2.24. The third kappa shape index (κ3) is 7.51. The van der Waals surface area contributed by atoms with Crippen LogP contribution in [0.25, 0.3) is 0 Å². The highest BCUT2D eigenvalue weighted by molar-refractivity contribution is 5.68. The van der Waals surface area contributed by atoms with Crippen molar-refractivity contribution in [1.82, 2.24) is 10.2 Å². The summed E-state index contributed by atoms with van der Waals surface area (Å²) in [5.41, 5.74) is -0.415. The van der Waals surface area contributed by atoms with Gasteiger partial charge in [-0.2, -0.15) is 0 Å². The summed E-state index contributed by atoms with van der Waals surface area (Å²) in [6, 6.07) is 0. The molecule has 0 aromatic rings. The third-order valence-electron chi connectivity index (χ3n) is 2.02. The summed E-state index contributed by atoms with van der Waals surface area (Å²) >= 11 is 0. The molecule has 16 heavy (non-hydrogen) atoms. The molecule has 0 saturated heterocycles. The molecule has 0 radical (unpaired) electrons. The molecule has 0 bridgehead atoms. The van der Waals surface area contributed by atoms with E-state index in [0.717, 1.165) is 19.5 Å². The number of amides is 1. The second-order valence-electron chi connectivity index (χ2n) is 4.81. The second-order valence-corrected chi connectivity index (χ2v) is 4.81. The first-order valence-electron chi connectivity index (χ1n) is 6.09. The van der Waals surface area contributed by atoms with E-state index in [4.69, 9.17) is 4.74 Å². The number of hydrogen-bond acceptors (Lipinski definition) is 3. The molecule has 0 atom stereocenters. The predicted molar refractivity (Wildman–Crippen MR) is 66.6 cm³/mol. The largest absolute Gasteiger partial charge is 0.444 e. The standard InChI is InChI=1S/C12H26N2O2/c1-6-8-13-9-10-14(7-2)11(15)16-12(3,4)5/h13H,6-10H2,1-5H3. The molecule has 0 saturated carbocycles. The van der Waals surface area contributed by atoms with Crippen LogP contribution in [0.15, 0.2) is 0 Å². The minimum atomic E-state index is -0.415. The molecule has 4 heteroatoms. The van der Waals surface area contributed by atoms with Crippen LogP contribution in [0.3, 0.4) is 0 Å². The highest BCUT2D eigenvalue weighted by atomic mass is 16.6. The summed E-state index contributed by atoms with van der Waals surface area (Å²) in [4.78, 5) is 13.4. The van der Waals surface area contributed by atoms with Crippen molar-refractivity contribution in [2.24, 2.45) is 0 Å². The van der Waals surface area contributed by atoms with Gasteiger partial charge in [-0.1, -0.05) is 6.92 Å². The van der Waals surface area contributed by atoms with E-state index in [1.54, 1.807) is 4.90 Å². The zero-order chi connectivity index (χ0) is 12.6. The molecule has 0 aliphatic heterocycles. The van der Waals surface area contributed by atoms with E-state index in [1.807, 2.05) is 27.7 Å². The number of carbonyl (C=O) groups excluding carboxylic acids is 1. The van der Waals surface area contributed by atoms with Gasteiger partial charge in [-0.15, -0.1) is 0 Å². The van der Waals surface area contributed by atoms with Gasteiger partial charge < -0.3 is 15.0 Å². The van der Waals surface area contributed by atoms with Crippen LogP contribution < -0.4 is 5.32 Å². The summed E-state index contributed by atoms with van der Waals surface area (Å²) in [6.45, 7) is 12.9. The average molecular weight is 230 g/mol. The molecule has 1 N–H and O–H groups in total. The van der Waals surface area contributed by atoms with E-state index in [1.165, 1.54) is 0 Å². The Kier molecular flexibility index (Phi) is 7.13. The maximum absolute atomic E-state index is 11.7. The van der Waals surface area contributed by atoms with E-state index in [0.29, 0.717) is 13.1 Å². The molecular weight excluding hydrogens is 204 g/mol. The maximum atomic E-state index is 11.7. The van der Waals surface area contributed by atoms with Crippen molar-refractivity contribution < 1.29 is 9.53 Å². The molecule has 0 heterocycles. The van der Waals surface area contributed by atoms with Crippen molar-refractivity contribution in [1.29, 1.82) is 0 Å². The van der Waals surface area contributed by atoms with Crippen LogP contribution in [0.2, 0.25) is 0 Å². The molecule has 0 fully saturated rings.